The van der Waals surface area contributed by atoms with Gasteiger partial charge >= 0.3 is 0 Å². The average molecular weight is 420 g/mol. The monoisotopic (exact) mass is 419 g/mol. The van der Waals surface area contributed by atoms with E-state index in [1.165, 1.54) is 19.1 Å². The van der Waals surface area contributed by atoms with E-state index in [0.717, 1.165) is 0 Å². The van der Waals surface area contributed by atoms with Crippen LogP contribution in [0.2, 0.25) is 5.02 Å². The number of nitrogens with two attached hydrogens (primary N) is 1. The minimum atomic E-state index is -1.71. The van der Waals surface area contributed by atoms with E-state index in [1.54, 1.807) is 0 Å². The number of halogens is 1. The Kier molecular flexibility index (Phi) is 4.08. The zero-order valence-corrected chi connectivity index (χ0v) is 16.0. The zero-order valence-electron chi connectivity index (χ0n) is 15.3. The summed E-state index contributed by atoms with van der Waals surface area (Å²) in [5.41, 5.74) is 2.51. The van der Waals surface area contributed by atoms with Crippen LogP contribution in [0.4, 0.5) is 0 Å². The van der Waals surface area contributed by atoms with E-state index in [2.05, 4.69) is 0 Å². The minimum absolute atomic E-state index is 0.0568. The van der Waals surface area contributed by atoms with Gasteiger partial charge in [0, 0.05) is 28.5 Å². The standard InChI is InChI=1S/C20H18ClNO7/c1-20(29)7-4-6-5-10(24)14(19(22)28)17(26)11(6)16(25)12(7)18(27)13-9(23)3-2-8(21)15(13)20/h2-3,6-7,12,23-25,29H,4-5H2,1H3,(H2,22,28). The number of hydrogen-bond donors (Lipinski definition) is 5. The van der Waals surface area contributed by atoms with E-state index in [0.29, 0.717) is 0 Å². The predicted molar refractivity (Wildman–Crippen MR) is 100 cm³/mol. The third kappa shape index (κ3) is 2.45. The van der Waals surface area contributed by atoms with Crippen LogP contribution >= 0.6 is 11.6 Å². The molecule has 0 heterocycles. The molecule has 4 rings (SSSR count). The first-order valence-electron chi connectivity index (χ1n) is 8.96. The molecule has 1 aromatic carbocycles. The third-order valence-electron chi connectivity index (χ3n) is 6.26. The molecule has 8 nitrogen and oxygen atoms in total. The predicted octanol–water partition coefficient (Wildman–Crippen LogP) is 1.78. The van der Waals surface area contributed by atoms with Crippen molar-refractivity contribution in [1.29, 1.82) is 0 Å². The van der Waals surface area contributed by atoms with Crippen LogP contribution in [0, 0.1) is 17.8 Å². The molecule has 29 heavy (non-hydrogen) atoms. The molecule has 4 unspecified atom stereocenters. The number of primary amides is 1. The number of carbonyl (C=O) groups is 3. The maximum atomic E-state index is 13.2. The fourth-order valence-corrected chi connectivity index (χ4v) is 5.33. The third-order valence-corrected chi connectivity index (χ3v) is 6.57. The van der Waals surface area contributed by atoms with Gasteiger partial charge in [-0.2, -0.15) is 0 Å². The van der Waals surface area contributed by atoms with Gasteiger partial charge in [-0.25, -0.2) is 0 Å². The summed E-state index contributed by atoms with van der Waals surface area (Å²) in [5, 5.41) is 42.7. The fraction of sp³-hybridized carbons (Fsp3) is 0.350. The number of carbonyl (C=O) groups excluding carboxylic acids is 3. The van der Waals surface area contributed by atoms with Crippen molar-refractivity contribution in [2.45, 2.75) is 25.4 Å². The molecule has 1 amide bonds. The zero-order chi connectivity index (χ0) is 21.4. The van der Waals surface area contributed by atoms with Crippen molar-refractivity contribution in [3.63, 3.8) is 0 Å². The molecular formula is C20H18ClNO7. The van der Waals surface area contributed by atoms with E-state index in [1.807, 2.05) is 0 Å². The maximum absolute atomic E-state index is 13.2. The molecule has 0 saturated carbocycles. The van der Waals surface area contributed by atoms with Gasteiger partial charge in [-0.15, -0.1) is 0 Å². The van der Waals surface area contributed by atoms with Gasteiger partial charge in [0.05, 0.1) is 17.1 Å². The second kappa shape index (κ2) is 6.08. The second-order valence-corrected chi connectivity index (χ2v) is 8.27. The Morgan fingerprint density at radius 3 is 2.52 bits per heavy atom. The van der Waals surface area contributed by atoms with Crippen LogP contribution in [-0.4, -0.2) is 37.9 Å². The van der Waals surface area contributed by atoms with Crippen LogP contribution in [-0.2, 0) is 15.2 Å². The topological polar surface area (TPSA) is 158 Å². The number of hydrogen-bond acceptors (Lipinski definition) is 7. The van der Waals surface area contributed by atoms with Crippen LogP contribution < -0.4 is 5.73 Å². The molecule has 6 N–H and O–H groups in total. The average Bonchev–Trinajstić information content (AvgIpc) is 2.60. The van der Waals surface area contributed by atoms with Crippen LogP contribution in [0.1, 0.15) is 35.7 Å². The number of aliphatic hydroxyl groups is 3. The summed E-state index contributed by atoms with van der Waals surface area (Å²) in [4.78, 5) is 37.5. The van der Waals surface area contributed by atoms with Crippen molar-refractivity contribution in [2.75, 3.05) is 0 Å². The fourth-order valence-electron chi connectivity index (χ4n) is 4.98. The normalized spacial score (nSPS) is 31.3. The lowest BCUT2D eigenvalue weighted by atomic mass is 9.57. The lowest BCUT2D eigenvalue weighted by Gasteiger charge is -2.48. The van der Waals surface area contributed by atoms with Gasteiger partial charge in [0.1, 0.15) is 22.8 Å². The van der Waals surface area contributed by atoms with Crippen LogP contribution in [0.3, 0.4) is 0 Å². The van der Waals surface area contributed by atoms with Gasteiger partial charge in [0.2, 0.25) is 5.78 Å². The summed E-state index contributed by atoms with van der Waals surface area (Å²) in [5.74, 6) is -7.13. The summed E-state index contributed by atoms with van der Waals surface area (Å²) in [6.45, 7) is 1.43. The Hall–Kier alpha value is -2.84. The first-order valence-corrected chi connectivity index (χ1v) is 9.34. The summed E-state index contributed by atoms with van der Waals surface area (Å²) >= 11 is 6.22. The molecule has 9 heteroatoms. The largest absolute Gasteiger partial charge is 0.511 e. The van der Waals surface area contributed by atoms with Crippen molar-refractivity contribution < 1.29 is 34.8 Å². The highest BCUT2D eigenvalue weighted by molar-refractivity contribution is 6.32. The molecule has 0 saturated heterocycles. The summed E-state index contributed by atoms with van der Waals surface area (Å²) < 4.78 is 0. The van der Waals surface area contributed by atoms with Crippen molar-refractivity contribution in [1.82, 2.24) is 0 Å². The van der Waals surface area contributed by atoms with Crippen LogP contribution in [0.15, 0.2) is 34.8 Å². The number of allylic oxidation sites excluding steroid dienone is 3. The van der Waals surface area contributed by atoms with Gasteiger partial charge in [-0.3, -0.25) is 14.4 Å². The number of aromatic hydroxyl groups is 1. The van der Waals surface area contributed by atoms with E-state index < -0.39 is 63.7 Å². The smallest absolute Gasteiger partial charge is 0.256 e. The minimum Gasteiger partial charge on any atom is -0.511 e. The van der Waals surface area contributed by atoms with Crippen molar-refractivity contribution >= 4 is 29.1 Å². The molecule has 3 aliphatic rings. The summed E-state index contributed by atoms with van der Waals surface area (Å²) in [6, 6.07) is 2.57. The Bertz CT molecular complexity index is 1070. The molecule has 3 aliphatic carbocycles. The van der Waals surface area contributed by atoms with Gasteiger partial charge in [0.15, 0.2) is 5.78 Å². The number of aliphatic hydroxyl groups excluding tert-OH is 2. The number of phenols is 1. The lowest BCUT2D eigenvalue weighted by molar-refractivity contribution is -0.121. The quantitative estimate of drug-likeness (QED) is 0.434. The molecule has 152 valence electrons. The number of amides is 1. The second-order valence-electron chi connectivity index (χ2n) is 7.86. The Labute approximate surface area is 169 Å². The number of ketones is 2. The lowest BCUT2D eigenvalue weighted by Crippen LogP contribution is -2.51. The van der Waals surface area contributed by atoms with Gasteiger partial charge < -0.3 is 26.2 Å². The molecule has 0 aliphatic heterocycles. The number of Topliss-reactive ketones (excluding diaryl/α,β-unsaturated/α-hetero) is 2. The van der Waals surface area contributed by atoms with E-state index in [4.69, 9.17) is 17.3 Å². The van der Waals surface area contributed by atoms with Crippen LogP contribution in [0.5, 0.6) is 5.75 Å². The Balaban J connectivity index is 1.95. The highest BCUT2D eigenvalue weighted by Crippen LogP contribution is 2.56. The molecule has 0 spiro atoms. The summed E-state index contributed by atoms with van der Waals surface area (Å²) in [6.07, 6.45) is -0.0758. The van der Waals surface area contributed by atoms with Crippen molar-refractivity contribution in [3.05, 3.63) is 50.9 Å². The molecule has 0 radical (unpaired) electrons. The molecule has 0 bridgehead atoms. The number of phenolic OH excluding ortho intramolecular Hbond substituents is 1. The molecular weight excluding hydrogens is 402 g/mol. The van der Waals surface area contributed by atoms with E-state index in [9.17, 15) is 34.8 Å². The molecule has 1 aromatic rings. The van der Waals surface area contributed by atoms with E-state index >= 15 is 0 Å². The molecule has 0 fully saturated rings. The number of benzene rings is 1. The van der Waals surface area contributed by atoms with Gasteiger partial charge in [-0.05, 0) is 31.4 Å². The SMILES string of the molecule is CC1(O)c2c(Cl)ccc(O)c2C(=O)C2C(O)=C3C(=O)C(C(N)=O)=C(O)CC3CC21. The van der Waals surface area contributed by atoms with Crippen molar-refractivity contribution in [3.8, 4) is 5.75 Å². The summed E-state index contributed by atoms with van der Waals surface area (Å²) in [7, 11) is 0. The molecule has 4 atom stereocenters. The van der Waals surface area contributed by atoms with Gasteiger partial charge in [0.25, 0.3) is 5.91 Å². The number of rotatable bonds is 1. The number of fused-ring (bicyclic) bond motifs is 3. The van der Waals surface area contributed by atoms with Crippen molar-refractivity contribution in [2.24, 2.45) is 23.5 Å². The highest BCUT2D eigenvalue weighted by Gasteiger charge is 2.57. The Morgan fingerprint density at radius 1 is 1.24 bits per heavy atom. The maximum Gasteiger partial charge on any atom is 0.256 e. The molecule has 0 aromatic heterocycles. The van der Waals surface area contributed by atoms with E-state index in [-0.39, 0.29) is 34.6 Å². The Morgan fingerprint density at radius 2 is 1.90 bits per heavy atom. The first kappa shape index (κ1) is 19.5. The van der Waals surface area contributed by atoms with Crippen LogP contribution in [0.25, 0.3) is 0 Å². The first-order chi connectivity index (χ1) is 13.5. The highest BCUT2D eigenvalue weighted by atomic mass is 35.5. The van der Waals surface area contributed by atoms with Gasteiger partial charge in [-0.1, -0.05) is 11.6 Å².